The lowest BCUT2D eigenvalue weighted by Crippen LogP contribution is -2.38. The molecule has 3 rings (SSSR count). The van der Waals surface area contributed by atoms with Crippen molar-refractivity contribution in [1.82, 2.24) is 0 Å². The Balaban J connectivity index is 1.72. The summed E-state index contributed by atoms with van der Waals surface area (Å²) in [6.45, 7) is 9.18. The van der Waals surface area contributed by atoms with Crippen molar-refractivity contribution >= 4 is 5.97 Å². The molecule has 2 nitrogen and oxygen atoms in total. The van der Waals surface area contributed by atoms with Gasteiger partial charge in [-0.1, -0.05) is 27.7 Å². The van der Waals surface area contributed by atoms with Crippen LogP contribution in [0.1, 0.15) is 53.4 Å². The zero-order valence-electron chi connectivity index (χ0n) is 11.5. The van der Waals surface area contributed by atoms with Gasteiger partial charge >= 0.3 is 5.97 Å². The van der Waals surface area contributed by atoms with E-state index in [-0.39, 0.29) is 23.4 Å². The van der Waals surface area contributed by atoms with Crippen LogP contribution in [0.3, 0.4) is 0 Å². The first-order chi connectivity index (χ1) is 7.86. The molecule has 3 fully saturated rings. The van der Waals surface area contributed by atoms with E-state index in [1.54, 1.807) is 0 Å². The number of carbonyl (C=O) groups is 1. The monoisotopic (exact) mass is 236 g/mol. The Morgan fingerprint density at radius 2 is 1.88 bits per heavy atom. The summed E-state index contributed by atoms with van der Waals surface area (Å²) in [5.41, 5.74) is 0.554. The molecule has 96 valence electrons. The Hall–Kier alpha value is -0.530. The summed E-state index contributed by atoms with van der Waals surface area (Å²) in [6, 6.07) is 0. The largest absolute Gasteiger partial charge is 0.462 e. The average Bonchev–Trinajstić information content (AvgIpc) is 2.89. The topological polar surface area (TPSA) is 26.3 Å². The van der Waals surface area contributed by atoms with Crippen LogP contribution in [0.5, 0.6) is 0 Å². The second-order valence-corrected chi connectivity index (χ2v) is 7.36. The molecule has 0 aliphatic heterocycles. The fourth-order valence-electron chi connectivity index (χ4n) is 4.19. The van der Waals surface area contributed by atoms with E-state index in [9.17, 15) is 4.79 Å². The molecule has 0 aromatic carbocycles. The standard InChI is InChI=1S/C15H24O2/c1-9-7-11(9)13(16)17-12-8-10-5-6-15(12,4)14(10,2)3/h9-12H,5-8H2,1-4H3. The molecule has 0 N–H and O–H groups in total. The SMILES string of the molecule is CC1CC1C(=O)OC1CC2CCC1(C)C2(C)C. The number of fused-ring (bicyclic) bond motifs is 2. The first-order valence-corrected chi connectivity index (χ1v) is 7.07. The maximum absolute atomic E-state index is 12.0. The van der Waals surface area contributed by atoms with Crippen LogP contribution in [0.4, 0.5) is 0 Å². The van der Waals surface area contributed by atoms with Crippen LogP contribution in [-0.4, -0.2) is 12.1 Å². The normalized spacial score (nSPS) is 50.4. The van der Waals surface area contributed by atoms with E-state index in [4.69, 9.17) is 4.74 Å². The maximum Gasteiger partial charge on any atom is 0.309 e. The first kappa shape index (κ1) is 11.6. The van der Waals surface area contributed by atoms with Gasteiger partial charge in [-0.15, -0.1) is 0 Å². The highest BCUT2D eigenvalue weighted by atomic mass is 16.5. The van der Waals surface area contributed by atoms with Crippen LogP contribution in [0, 0.1) is 28.6 Å². The van der Waals surface area contributed by atoms with Gasteiger partial charge in [-0.2, -0.15) is 0 Å². The van der Waals surface area contributed by atoms with E-state index < -0.39 is 0 Å². The third kappa shape index (κ3) is 1.42. The molecule has 3 aliphatic carbocycles. The van der Waals surface area contributed by atoms with Crippen molar-refractivity contribution in [3.63, 3.8) is 0 Å². The molecule has 5 unspecified atom stereocenters. The van der Waals surface area contributed by atoms with E-state index in [2.05, 4.69) is 27.7 Å². The summed E-state index contributed by atoms with van der Waals surface area (Å²) in [4.78, 5) is 12.0. The second kappa shape index (κ2) is 3.27. The number of hydrogen-bond acceptors (Lipinski definition) is 2. The zero-order valence-corrected chi connectivity index (χ0v) is 11.5. The summed E-state index contributed by atoms with van der Waals surface area (Å²) in [7, 11) is 0. The van der Waals surface area contributed by atoms with Gasteiger partial charge in [-0.3, -0.25) is 4.79 Å². The van der Waals surface area contributed by atoms with Gasteiger partial charge < -0.3 is 4.74 Å². The van der Waals surface area contributed by atoms with Gasteiger partial charge in [0.25, 0.3) is 0 Å². The Bertz CT molecular complexity index is 360. The second-order valence-electron chi connectivity index (χ2n) is 7.36. The lowest BCUT2D eigenvalue weighted by atomic mass is 9.70. The van der Waals surface area contributed by atoms with Crippen molar-refractivity contribution in [3.05, 3.63) is 0 Å². The maximum atomic E-state index is 12.0. The third-order valence-electron chi connectivity index (χ3n) is 6.38. The molecule has 0 saturated heterocycles. The first-order valence-electron chi connectivity index (χ1n) is 7.07. The lowest BCUT2D eigenvalue weighted by molar-refractivity contribution is -0.158. The highest BCUT2D eigenvalue weighted by Crippen LogP contribution is 2.66. The average molecular weight is 236 g/mol. The van der Waals surface area contributed by atoms with Crippen molar-refractivity contribution in [1.29, 1.82) is 0 Å². The van der Waals surface area contributed by atoms with Gasteiger partial charge in [-0.25, -0.2) is 0 Å². The van der Waals surface area contributed by atoms with Crippen LogP contribution in [0.15, 0.2) is 0 Å². The number of rotatable bonds is 2. The third-order valence-corrected chi connectivity index (χ3v) is 6.38. The molecule has 0 aromatic heterocycles. The van der Waals surface area contributed by atoms with Crippen molar-refractivity contribution in [2.75, 3.05) is 0 Å². The Morgan fingerprint density at radius 1 is 1.24 bits per heavy atom. The molecule has 5 atom stereocenters. The molecule has 0 heterocycles. The fraction of sp³-hybridized carbons (Fsp3) is 0.933. The molecular formula is C15H24O2. The molecule has 2 heteroatoms. The quantitative estimate of drug-likeness (QED) is 0.687. The summed E-state index contributed by atoms with van der Waals surface area (Å²) in [5.74, 6) is 1.59. The predicted molar refractivity (Wildman–Crippen MR) is 66.4 cm³/mol. The summed E-state index contributed by atoms with van der Waals surface area (Å²) in [5, 5.41) is 0. The Kier molecular flexibility index (Phi) is 2.22. The van der Waals surface area contributed by atoms with Gasteiger partial charge in [-0.05, 0) is 42.9 Å². The fourth-order valence-corrected chi connectivity index (χ4v) is 4.19. The Morgan fingerprint density at radius 3 is 2.29 bits per heavy atom. The molecule has 0 spiro atoms. The minimum Gasteiger partial charge on any atom is -0.462 e. The predicted octanol–water partition coefficient (Wildman–Crippen LogP) is 3.40. The van der Waals surface area contributed by atoms with Crippen LogP contribution in [-0.2, 0) is 9.53 Å². The van der Waals surface area contributed by atoms with Gasteiger partial charge in [0.1, 0.15) is 6.10 Å². The van der Waals surface area contributed by atoms with E-state index in [0.717, 1.165) is 18.8 Å². The lowest BCUT2D eigenvalue weighted by Gasteiger charge is -2.38. The summed E-state index contributed by atoms with van der Waals surface area (Å²) < 4.78 is 5.84. The van der Waals surface area contributed by atoms with E-state index in [0.29, 0.717) is 11.3 Å². The highest BCUT2D eigenvalue weighted by Gasteiger charge is 2.63. The van der Waals surface area contributed by atoms with Crippen LogP contribution in [0.25, 0.3) is 0 Å². The van der Waals surface area contributed by atoms with Crippen LogP contribution in [0.2, 0.25) is 0 Å². The molecule has 0 amide bonds. The molecular weight excluding hydrogens is 212 g/mol. The zero-order chi connectivity index (χ0) is 12.4. The number of carbonyl (C=O) groups excluding carboxylic acids is 1. The number of esters is 1. The Labute approximate surface area is 104 Å². The smallest absolute Gasteiger partial charge is 0.309 e. The molecule has 2 bridgehead atoms. The van der Waals surface area contributed by atoms with E-state index in [1.807, 2.05) is 0 Å². The molecule has 3 aliphatic rings. The highest BCUT2D eigenvalue weighted by molar-refractivity contribution is 5.75. The molecule has 17 heavy (non-hydrogen) atoms. The van der Waals surface area contributed by atoms with Gasteiger partial charge in [0.05, 0.1) is 5.92 Å². The number of hydrogen-bond donors (Lipinski definition) is 0. The van der Waals surface area contributed by atoms with Gasteiger partial charge in [0, 0.05) is 5.41 Å². The van der Waals surface area contributed by atoms with Crippen molar-refractivity contribution < 1.29 is 9.53 Å². The molecule has 0 radical (unpaired) electrons. The van der Waals surface area contributed by atoms with E-state index in [1.165, 1.54) is 12.8 Å². The van der Waals surface area contributed by atoms with Crippen LogP contribution >= 0.6 is 0 Å². The minimum absolute atomic E-state index is 0.0760. The van der Waals surface area contributed by atoms with Crippen molar-refractivity contribution in [3.8, 4) is 0 Å². The van der Waals surface area contributed by atoms with Crippen molar-refractivity contribution in [2.24, 2.45) is 28.6 Å². The molecule has 0 aromatic rings. The van der Waals surface area contributed by atoms with Crippen molar-refractivity contribution in [2.45, 2.75) is 59.5 Å². The van der Waals surface area contributed by atoms with E-state index >= 15 is 0 Å². The minimum atomic E-state index is 0.0760. The number of ether oxygens (including phenoxy) is 1. The summed E-state index contributed by atoms with van der Waals surface area (Å²) in [6.07, 6.45) is 4.85. The molecule has 3 saturated carbocycles. The van der Waals surface area contributed by atoms with Gasteiger partial charge in [0.15, 0.2) is 0 Å². The van der Waals surface area contributed by atoms with Gasteiger partial charge in [0.2, 0.25) is 0 Å². The summed E-state index contributed by atoms with van der Waals surface area (Å²) >= 11 is 0. The van der Waals surface area contributed by atoms with Crippen LogP contribution < -0.4 is 0 Å².